The fourth-order valence-corrected chi connectivity index (χ4v) is 8.51. The number of methoxy groups -OCH3 is 1. The summed E-state index contributed by atoms with van der Waals surface area (Å²) in [6.07, 6.45) is 7.39. The molecule has 2 heterocycles. The third kappa shape index (κ3) is 8.61. The molecule has 3 aliphatic rings. The molecular weight excluding hydrogens is 645 g/mol. The zero-order valence-electron chi connectivity index (χ0n) is 29.9. The van der Waals surface area contributed by atoms with Gasteiger partial charge in [-0.05, 0) is 76.7 Å². The van der Waals surface area contributed by atoms with E-state index in [1.54, 1.807) is 38.8 Å². The van der Waals surface area contributed by atoms with Crippen LogP contribution < -0.4 is 11.1 Å². The number of furan rings is 1. The van der Waals surface area contributed by atoms with Gasteiger partial charge in [0.05, 0.1) is 18.7 Å². The molecule has 4 atom stereocenters. The number of fused-ring (bicyclic) bond motifs is 1. The summed E-state index contributed by atoms with van der Waals surface area (Å²) in [5.41, 5.74) is 6.51. The number of nitrogens with one attached hydrogen (secondary N) is 1. The average Bonchev–Trinajstić information content (AvgIpc) is 3.68. The van der Waals surface area contributed by atoms with Gasteiger partial charge in [-0.25, -0.2) is 14.0 Å². The fourth-order valence-electron chi connectivity index (χ4n) is 8.51. The SMILES string of the molecule is COCCCOC(=O)c1oc2ccccc2c1C1C[C@@H](C2CCCCC2)[C@@H](C(N)=O)N1C(=O)C1CCC(C(CF)NC(=O)OC(C)(C)C)CC1. The Balaban J connectivity index is 1.45. The molecule has 3 N–H and O–H groups in total. The number of hydrogen-bond acceptors (Lipinski definition) is 8. The van der Waals surface area contributed by atoms with E-state index in [1.165, 1.54) is 0 Å². The molecule has 11 nitrogen and oxygen atoms in total. The van der Waals surface area contributed by atoms with Crippen molar-refractivity contribution in [2.24, 2.45) is 29.4 Å². The second kappa shape index (κ2) is 16.6. The molecule has 2 aromatic rings. The molecule has 12 heteroatoms. The van der Waals surface area contributed by atoms with Gasteiger partial charge in [0.25, 0.3) is 0 Å². The second-order valence-electron chi connectivity index (χ2n) is 15.2. The summed E-state index contributed by atoms with van der Waals surface area (Å²) in [5.74, 6) is -1.93. The minimum atomic E-state index is -0.847. The molecule has 50 heavy (non-hydrogen) atoms. The van der Waals surface area contributed by atoms with Crippen molar-refractivity contribution in [3.05, 3.63) is 35.6 Å². The Morgan fingerprint density at radius 1 is 1.02 bits per heavy atom. The number of para-hydroxylation sites is 1. The molecule has 3 fully saturated rings. The van der Waals surface area contributed by atoms with Crippen molar-refractivity contribution in [1.29, 1.82) is 0 Å². The van der Waals surface area contributed by atoms with Crippen LogP contribution in [0.5, 0.6) is 0 Å². The zero-order valence-corrected chi connectivity index (χ0v) is 29.9. The maximum Gasteiger partial charge on any atom is 0.407 e. The van der Waals surface area contributed by atoms with Gasteiger partial charge in [0.2, 0.25) is 17.6 Å². The first kappa shape index (κ1) is 37.6. The number of carbonyl (C=O) groups excluding carboxylic acids is 4. The molecule has 3 amide bonds. The van der Waals surface area contributed by atoms with Crippen LogP contribution in [0.3, 0.4) is 0 Å². The van der Waals surface area contributed by atoms with Gasteiger partial charge in [-0.1, -0.05) is 50.3 Å². The summed E-state index contributed by atoms with van der Waals surface area (Å²) < 4.78 is 36.4. The van der Waals surface area contributed by atoms with E-state index in [-0.39, 0.29) is 36.0 Å². The van der Waals surface area contributed by atoms with Crippen molar-refractivity contribution in [3.8, 4) is 0 Å². The molecule has 276 valence electrons. The number of halogens is 1. The minimum Gasteiger partial charge on any atom is -0.460 e. The van der Waals surface area contributed by atoms with Gasteiger partial charge in [0.15, 0.2) is 0 Å². The summed E-state index contributed by atoms with van der Waals surface area (Å²) in [6, 6.07) is 5.10. The van der Waals surface area contributed by atoms with Gasteiger partial charge in [0.1, 0.15) is 23.9 Å². The highest BCUT2D eigenvalue weighted by molar-refractivity contribution is 5.98. The van der Waals surface area contributed by atoms with Crippen LogP contribution in [0.4, 0.5) is 9.18 Å². The standard InChI is InChI=1S/C38H54FN3O8/c1-38(2,3)50-37(46)41-28(22-39)24-15-17-25(18-16-24)35(44)42-29(21-27(32(42)34(40)43)23-11-6-5-7-12-23)31-26-13-8-9-14-30(26)49-33(31)36(45)48-20-10-19-47-4/h8-9,13-14,23-25,27-29,32H,5-7,10-12,15-22H2,1-4H3,(H2,40,43)(H,41,46)/t24?,25?,27-,28?,29?,32-/m0/s1. The summed E-state index contributed by atoms with van der Waals surface area (Å²) in [6.45, 7) is 5.06. The number of rotatable bonds is 12. The molecule has 5 rings (SSSR count). The number of esters is 1. The van der Waals surface area contributed by atoms with Crippen molar-refractivity contribution in [1.82, 2.24) is 10.2 Å². The molecule has 2 aliphatic carbocycles. The van der Waals surface area contributed by atoms with Crippen LogP contribution in [-0.4, -0.2) is 73.5 Å². The van der Waals surface area contributed by atoms with Gasteiger partial charge in [-0.3, -0.25) is 9.59 Å². The molecule has 1 saturated heterocycles. The van der Waals surface area contributed by atoms with E-state index in [4.69, 9.17) is 24.4 Å². The lowest BCUT2D eigenvalue weighted by Gasteiger charge is -2.38. The largest absolute Gasteiger partial charge is 0.460 e. The van der Waals surface area contributed by atoms with Gasteiger partial charge >= 0.3 is 12.1 Å². The van der Waals surface area contributed by atoms with E-state index >= 15 is 0 Å². The Kier molecular flexibility index (Phi) is 12.5. The number of amides is 3. The van der Waals surface area contributed by atoms with Crippen LogP contribution in [0.1, 0.15) is 114 Å². The first-order valence-electron chi connectivity index (χ1n) is 18.3. The predicted molar refractivity (Wildman–Crippen MR) is 185 cm³/mol. The number of likely N-dealkylation sites (tertiary alicyclic amines) is 1. The van der Waals surface area contributed by atoms with Gasteiger partial charge in [-0.15, -0.1) is 0 Å². The Morgan fingerprint density at radius 3 is 2.36 bits per heavy atom. The van der Waals surface area contributed by atoms with Gasteiger partial charge in [-0.2, -0.15) is 0 Å². The van der Waals surface area contributed by atoms with Gasteiger partial charge < -0.3 is 34.6 Å². The third-order valence-corrected chi connectivity index (χ3v) is 10.8. The smallest absolute Gasteiger partial charge is 0.407 e. The molecule has 1 aliphatic heterocycles. The van der Waals surface area contributed by atoms with E-state index < -0.39 is 54.3 Å². The van der Waals surface area contributed by atoms with Crippen LogP contribution in [-0.2, 0) is 23.8 Å². The van der Waals surface area contributed by atoms with Crippen molar-refractivity contribution < 1.29 is 42.2 Å². The van der Waals surface area contributed by atoms with Crippen molar-refractivity contribution in [3.63, 3.8) is 0 Å². The molecule has 0 radical (unpaired) electrons. The molecular formula is C38H54FN3O8. The number of benzene rings is 1. The number of alkyl halides is 1. The number of hydrogen-bond donors (Lipinski definition) is 2. The van der Waals surface area contributed by atoms with Crippen LogP contribution in [0, 0.1) is 23.7 Å². The number of nitrogens with zero attached hydrogens (tertiary/aromatic N) is 1. The summed E-state index contributed by atoms with van der Waals surface area (Å²) >= 11 is 0. The highest BCUT2D eigenvalue weighted by Gasteiger charge is 2.53. The second-order valence-corrected chi connectivity index (χ2v) is 15.2. The minimum absolute atomic E-state index is 0.0293. The van der Waals surface area contributed by atoms with Crippen LogP contribution in [0.15, 0.2) is 28.7 Å². The van der Waals surface area contributed by atoms with Crippen LogP contribution >= 0.6 is 0 Å². The first-order valence-corrected chi connectivity index (χ1v) is 18.3. The van der Waals surface area contributed by atoms with Crippen molar-refractivity contribution >= 4 is 34.8 Å². The Hall–Kier alpha value is -3.67. The molecule has 0 bridgehead atoms. The maximum atomic E-state index is 14.8. The third-order valence-electron chi connectivity index (χ3n) is 10.8. The molecule has 1 aromatic carbocycles. The fraction of sp³-hybridized carbons (Fsp3) is 0.684. The molecule has 2 unspecified atom stereocenters. The lowest BCUT2D eigenvalue weighted by Crippen LogP contribution is -2.51. The number of alkyl carbamates (subject to hydrolysis) is 1. The van der Waals surface area contributed by atoms with E-state index in [1.807, 2.05) is 18.2 Å². The van der Waals surface area contributed by atoms with E-state index in [0.717, 1.165) is 32.1 Å². The summed E-state index contributed by atoms with van der Waals surface area (Å²) in [4.78, 5) is 55.9. The maximum absolute atomic E-state index is 14.8. The predicted octanol–water partition coefficient (Wildman–Crippen LogP) is 6.62. The van der Waals surface area contributed by atoms with Gasteiger partial charge in [0, 0.05) is 37.0 Å². The normalized spacial score (nSPS) is 25.3. The van der Waals surface area contributed by atoms with Crippen molar-refractivity contribution in [2.45, 2.75) is 115 Å². The lowest BCUT2D eigenvalue weighted by atomic mass is 9.75. The van der Waals surface area contributed by atoms with Crippen LogP contribution in [0.25, 0.3) is 11.0 Å². The topological polar surface area (TPSA) is 150 Å². The van der Waals surface area contributed by atoms with E-state index in [2.05, 4.69) is 5.32 Å². The van der Waals surface area contributed by atoms with Crippen molar-refractivity contribution in [2.75, 3.05) is 27.0 Å². The zero-order chi connectivity index (χ0) is 36.0. The summed E-state index contributed by atoms with van der Waals surface area (Å²) in [7, 11) is 1.58. The highest BCUT2D eigenvalue weighted by Crippen LogP contribution is 2.51. The molecule has 1 aromatic heterocycles. The molecule has 2 saturated carbocycles. The lowest BCUT2D eigenvalue weighted by molar-refractivity contribution is -0.145. The van der Waals surface area contributed by atoms with Crippen LogP contribution in [0.2, 0.25) is 0 Å². The average molecular weight is 700 g/mol. The highest BCUT2D eigenvalue weighted by atomic mass is 19.1. The monoisotopic (exact) mass is 699 g/mol. The quantitative estimate of drug-likeness (QED) is 0.185. The number of carbonyl (C=O) groups is 4. The number of nitrogens with two attached hydrogens (primary N) is 1. The van der Waals surface area contributed by atoms with E-state index in [9.17, 15) is 23.6 Å². The summed E-state index contributed by atoms with van der Waals surface area (Å²) in [5, 5.41) is 3.37. The van der Waals surface area contributed by atoms with E-state index in [0.29, 0.717) is 61.7 Å². The Labute approximate surface area is 294 Å². The Bertz CT molecular complexity index is 1490. The Morgan fingerprint density at radius 2 is 1.72 bits per heavy atom. The number of ether oxygens (including phenoxy) is 3. The number of primary amides is 1. The first-order chi connectivity index (χ1) is 23.9. The molecule has 0 spiro atoms.